The molecule has 0 aliphatic rings. The molecule has 18 heavy (non-hydrogen) atoms. The Balaban J connectivity index is 2.62. The summed E-state index contributed by atoms with van der Waals surface area (Å²) in [5, 5.41) is 9.75. The number of aromatic nitrogens is 2. The standard InChI is InChI=1S/C14H16N2O2/c1-4-10-13(17)15-12(16-14(10)18)11-6-5-8(2)7-9(11)3/h5-7H,4H2,1-3H3,(H2,15,16,17,18). The monoisotopic (exact) mass is 244 g/mol. The van der Waals surface area contributed by atoms with E-state index in [1.165, 1.54) is 0 Å². The van der Waals surface area contributed by atoms with Crippen molar-refractivity contribution in [2.24, 2.45) is 0 Å². The molecule has 0 radical (unpaired) electrons. The third-order valence-corrected chi connectivity index (χ3v) is 2.98. The number of benzene rings is 1. The molecule has 4 heteroatoms. The predicted octanol–water partition coefficient (Wildman–Crippen LogP) is 2.32. The van der Waals surface area contributed by atoms with Gasteiger partial charge in [-0.15, -0.1) is 0 Å². The largest absolute Gasteiger partial charge is 0.493 e. The van der Waals surface area contributed by atoms with Crippen molar-refractivity contribution in [1.29, 1.82) is 0 Å². The summed E-state index contributed by atoms with van der Waals surface area (Å²) in [6.07, 6.45) is 0.460. The molecule has 1 aromatic carbocycles. The maximum atomic E-state index is 11.8. The molecule has 1 heterocycles. The highest BCUT2D eigenvalue weighted by Gasteiger charge is 2.11. The van der Waals surface area contributed by atoms with E-state index >= 15 is 0 Å². The zero-order valence-corrected chi connectivity index (χ0v) is 10.7. The molecule has 0 aliphatic carbocycles. The van der Waals surface area contributed by atoms with Crippen molar-refractivity contribution in [3.63, 3.8) is 0 Å². The summed E-state index contributed by atoms with van der Waals surface area (Å²) in [7, 11) is 0. The predicted molar refractivity (Wildman–Crippen MR) is 70.8 cm³/mol. The molecule has 0 fully saturated rings. The molecule has 94 valence electrons. The minimum Gasteiger partial charge on any atom is -0.493 e. The number of nitrogens with zero attached hydrogens (tertiary/aromatic N) is 1. The molecule has 0 amide bonds. The zero-order chi connectivity index (χ0) is 13.3. The van der Waals surface area contributed by atoms with Gasteiger partial charge in [0.05, 0.1) is 5.56 Å². The van der Waals surface area contributed by atoms with Crippen molar-refractivity contribution < 1.29 is 5.11 Å². The van der Waals surface area contributed by atoms with E-state index in [1.54, 1.807) is 0 Å². The summed E-state index contributed by atoms with van der Waals surface area (Å²) < 4.78 is 0. The van der Waals surface area contributed by atoms with Crippen LogP contribution in [-0.4, -0.2) is 15.1 Å². The maximum Gasteiger partial charge on any atom is 0.258 e. The molecule has 4 nitrogen and oxygen atoms in total. The van der Waals surface area contributed by atoms with Crippen LogP contribution in [0.4, 0.5) is 0 Å². The average molecular weight is 244 g/mol. The van der Waals surface area contributed by atoms with Crippen LogP contribution in [0.2, 0.25) is 0 Å². The van der Waals surface area contributed by atoms with Gasteiger partial charge < -0.3 is 10.1 Å². The molecule has 0 saturated carbocycles. The second kappa shape index (κ2) is 4.64. The van der Waals surface area contributed by atoms with Crippen LogP contribution >= 0.6 is 0 Å². The van der Waals surface area contributed by atoms with Gasteiger partial charge in [0.25, 0.3) is 5.56 Å². The van der Waals surface area contributed by atoms with E-state index in [4.69, 9.17) is 0 Å². The van der Waals surface area contributed by atoms with Crippen LogP contribution in [0.1, 0.15) is 23.6 Å². The van der Waals surface area contributed by atoms with E-state index in [0.29, 0.717) is 17.8 Å². The Hall–Kier alpha value is -2.10. The van der Waals surface area contributed by atoms with E-state index in [0.717, 1.165) is 16.7 Å². The smallest absolute Gasteiger partial charge is 0.258 e. The van der Waals surface area contributed by atoms with E-state index in [9.17, 15) is 9.90 Å². The minimum absolute atomic E-state index is 0.184. The van der Waals surface area contributed by atoms with Crippen LogP contribution in [0, 0.1) is 13.8 Å². The van der Waals surface area contributed by atoms with Gasteiger partial charge in [-0.3, -0.25) is 4.79 Å². The quantitative estimate of drug-likeness (QED) is 0.852. The van der Waals surface area contributed by atoms with Crippen LogP contribution < -0.4 is 5.56 Å². The van der Waals surface area contributed by atoms with Gasteiger partial charge in [-0.05, 0) is 25.8 Å². The lowest BCUT2D eigenvalue weighted by atomic mass is 10.1. The normalized spacial score (nSPS) is 10.6. The van der Waals surface area contributed by atoms with Crippen molar-refractivity contribution in [3.8, 4) is 17.3 Å². The SMILES string of the molecule is CCc1c(O)nc(-c2ccc(C)cc2C)[nH]c1=O. The minimum atomic E-state index is -0.278. The number of H-pyrrole nitrogens is 1. The third kappa shape index (κ3) is 2.14. The van der Waals surface area contributed by atoms with Crippen LogP contribution in [0.25, 0.3) is 11.4 Å². The Bertz CT molecular complexity index is 645. The molecule has 0 unspecified atom stereocenters. The number of aromatic amines is 1. The average Bonchev–Trinajstić information content (AvgIpc) is 2.28. The molecule has 0 aliphatic heterocycles. The van der Waals surface area contributed by atoms with Gasteiger partial charge in [0.15, 0.2) is 0 Å². The fourth-order valence-electron chi connectivity index (χ4n) is 2.01. The van der Waals surface area contributed by atoms with Crippen LogP contribution in [0.3, 0.4) is 0 Å². The maximum absolute atomic E-state index is 11.8. The Morgan fingerprint density at radius 3 is 2.61 bits per heavy atom. The molecular weight excluding hydrogens is 228 g/mol. The molecule has 0 spiro atoms. The summed E-state index contributed by atoms with van der Waals surface area (Å²) in [5.41, 5.74) is 3.04. The first-order valence-electron chi connectivity index (χ1n) is 5.92. The van der Waals surface area contributed by atoms with E-state index in [-0.39, 0.29) is 11.4 Å². The van der Waals surface area contributed by atoms with Crippen molar-refractivity contribution in [2.75, 3.05) is 0 Å². The van der Waals surface area contributed by atoms with Gasteiger partial charge in [0.2, 0.25) is 5.88 Å². The molecular formula is C14H16N2O2. The number of rotatable bonds is 2. The van der Waals surface area contributed by atoms with Crippen molar-refractivity contribution in [1.82, 2.24) is 9.97 Å². The number of hydrogen-bond donors (Lipinski definition) is 2. The Morgan fingerprint density at radius 1 is 1.33 bits per heavy atom. The van der Waals surface area contributed by atoms with Crippen molar-refractivity contribution >= 4 is 0 Å². The highest BCUT2D eigenvalue weighted by atomic mass is 16.3. The number of nitrogens with one attached hydrogen (secondary N) is 1. The Kier molecular flexibility index (Phi) is 3.19. The Labute approximate surface area is 105 Å². The lowest BCUT2D eigenvalue weighted by Crippen LogP contribution is -2.14. The molecule has 2 N–H and O–H groups in total. The summed E-state index contributed by atoms with van der Waals surface area (Å²) in [6.45, 7) is 5.76. The first-order chi connectivity index (χ1) is 8.52. The highest BCUT2D eigenvalue weighted by Crippen LogP contribution is 2.22. The Morgan fingerprint density at radius 2 is 2.06 bits per heavy atom. The van der Waals surface area contributed by atoms with Gasteiger partial charge in [-0.1, -0.05) is 30.7 Å². The van der Waals surface area contributed by atoms with E-state index in [2.05, 4.69) is 9.97 Å². The topological polar surface area (TPSA) is 66.0 Å². The van der Waals surface area contributed by atoms with Gasteiger partial charge in [0, 0.05) is 5.56 Å². The molecule has 2 rings (SSSR count). The van der Waals surface area contributed by atoms with E-state index in [1.807, 2.05) is 39.0 Å². The van der Waals surface area contributed by atoms with Crippen molar-refractivity contribution in [2.45, 2.75) is 27.2 Å². The second-order valence-electron chi connectivity index (χ2n) is 4.39. The molecule has 0 bridgehead atoms. The van der Waals surface area contributed by atoms with Gasteiger partial charge in [-0.2, -0.15) is 4.98 Å². The summed E-state index contributed by atoms with van der Waals surface area (Å²) in [5.74, 6) is 0.225. The third-order valence-electron chi connectivity index (χ3n) is 2.98. The summed E-state index contributed by atoms with van der Waals surface area (Å²) in [6, 6.07) is 5.86. The van der Waals surface area contributed by atoms with E-state index < -0.39 is 0 Å². The number of aryl methyl sites for hydroxylation is 2. The van der Waals surface area contributed by atoms with Crippen LogP contribution in [0.15, 0.2) is 23.0 Å². The van der Waals surface area contributed by atoms with Crippen molar-refractivity contribution in [3.05, 3.63) is 45.2 Å². The summed E-state index contributed by atoms with van der Waals surface area (Å²) >= 11 is 0. The zero-order valence-electron chi connectivity index (χ0n) is 10.7. The lowest BCUT2D eigenvalue weighted by molar-refractivity contribution is 0.444. The van der Waals surface area contributed by atoms with Crippen LogP contribution in [0.5, 0.6) is 5.88 Å². The lowest BCUT2D eigenvalue weighted by Gasteiger charge is -2.08. The molecule has 0 saturated heterocycles. The highest BCUT2D eigenvalue weighted by molar-refractivity contribution is 5.61. The van der Waals surface area contributed by atoms with Crippen LogP contribution in [-0.2, 0) is 6.42 Å². The molecule has 1 aromatic heterocycles. The summed E-state index contributed by atoms with van der Waals surface area (Å²) in [4.78, 5) is 18.6. The molecule has 2 aromatic rings. The van der Waals surface area contributed by atoms with Gasteiger partial charge >= 0.3 is 0 Å². The molecule has 0 atom stereocenters. The van der Waals surface area contributed by atoms with Gasteiger partial charge in [0.1, 0.15) is 5.82 Å². The first-order valence-corrected chi connectivity index (χ1v) is 5.92. The number of aromatic hydroxyl groups is 1. The second-order valence-corrected chi connectivity index (χ2v) is 4.39. The fraction of sp³-hybridized carbons (Fsp3) is 0.286. The first kappa shape index (κ1) is 12.4. The van der Waals surface area contributed by atoms with Gasteiger partial charge in [-0.25, -0.2) is 0 Å². The number of hydrogen-bond acceptors (Lipinski definition) is 3. The fourth-order valence-corrected chi connectivity index (χ4v) is 2.01.